The first-order valence-electron chi connectivity index (χ1n) is 9.15. The summed E-state index contributed by atoms with van der Waals surface area (Å²) in [7, 11) is 2.13. The number of hydrogen-bond acceptors (Lipinski definition) is 3. The molecule has 22 heavy (non-hydrogen) atoms. The summed E-state index contributed by atoms with van der Waals surface area (Å²) < 4.78 is 2.16. The predicted molar refractivity (Wildman–Crippen MR) is 86.9 cm³/mol. The van der Waals surface area contributed by atoms with Gasteiger partial charge < -0.3 is 5.11 Å². The largest absolute Gasteiger partial charge is 0.395 e. The molecule has 1 aromatic heterocycles. The summed E-state index contributed by atoms with van der Waals surface area (Å²) in [5, 5.41) is 14.4. The lowest BCUT2D eigenvalue weighted by Gasteiger charge is -2.49. The van der Waals surface area contributed by atoms with Crippen LogP contribution in [0.1, 0.15) is 68.2 Å². The third-order valence-electron chi connectivity index (χ3n) is 6.43. The molecule has 4 heterocycles. The topological polar surface area (TPSA) is 41.3 Å². The van der Waals surface area contributed by atoms with Crippen molar-refractivity contribution in [3.8, 4) is 0 Å². The Hall–Kier alpha value is -0.870. The molecule has 0 radical (unpaired) electrons. The van der Waals surface area contributed by atoms with Gasteiger partial charge >= 0.3 is 0 Å². The van der Waals surface area contributed by atoms with Crippen LogP contribution in [-0.4, -0.2) is 45.5 Å². The van der Waals surface area contributed by atoms with Crippen LogP contribution in [0.25, 0.3) is 0 Å². The molecule has 0 amide bonds. The first kappa shape index (κ1) is 14.7. The fraction of sp³-hybridized carbons (Fsp3) is 0.833. The molecule has 1 aliphatic carbocycles. The third-order valence-corrected chi connectivity index (χ3v) is 6.43. The highest BCUT2D eigenvalue weighted by Crippen LogP contribution is 2.42. The van der Waals surface area contributed by atoms with Crippen LogP contribution in [-0.2, 0) is 7.05 Å². The number of aliphatic hydroxyl groups excluding tert-OH is 1. The Morgan fingerprint density at radius 1 is 1.23 bits per heavy atom. The summed E-state index contributed by atoms with van der Waals surface area (Å²) in [4.78, 5) is 2.50. The van der Waals surface area contributed by atoms with E-state index in [9.17, 15) is 5.11 Å². The highest BCUT2D eigenvalue weighted by molar-refractivity contribution is 5.21. The average molecular weight is 303 g/mol. The molecule has 5 rings (SSSR count). The van der Waals surface area contributed by atoms with Crippen LogP contribution in [0.4, 0.5) is 0 Å². The van der Waals surface area contributed by atoms with Gasteiger partial charge in [-0.2, -0.15) is 5.10 Å². The molecule has 4 nitrogen and oxygen atoms in total. The van der Waals surface area contributed by atoms with Gasteiger partial charge in [-0.25, -0.2) is 0 Å². The lowest BCUT2D eigenvalue weighted by Crippen LogP contribution is -2.53. The maximum absolute atomic E-state index is 9.54. The van der Waals surface area contributed by atoms with Gasteiger partial charge in [0.1, 0.15) is 0 Å². The number of piperidine rings is 3. The molecule has 1 N–H and O–H groups in total. The fourth-order valence-corrected chi connectivity index (χ4v) is 5.11. The van der Waals surface area contributed by atoms with Gasteiger partial charge in [-0.3, -0.25) is 9.58 Å². The number of aryl methyl sites for hydroxylation is 1. The molecule has 0 spiro atoms. The lowest BCUT2D eigenvalue weighted by atomic mass is 9.74. The number of nitrogens with zero attached hydrogens (tertiary/aromatic N) is 3. The van der Waals surface area contributed by atoms with Crippen molar-refractivity contribution in [2.45, 2.75) is 62.8 Å². The van der Waals surface area contributed by atoms with Crippen molar-refractivity contribution in [2.24, 2.45) is 13.0 Å². The zero-order chi connectivity index (χ0) is 15.1. The lowest BCUT2D eigenvalue weighted by molar-refractivity contribution is 0.00104. The summed E-state index contributed by atoms with van der Waals surface area (Å²) in [5.41, 5.74) is 2.78. The van der Waals surface area contributed by atoms with Crippen molar-refractivity contribution in [2.75, 3.05) is 19.7 Å². The standard InChI is InChI=1S/C18H29N3O/c1-20-18(10-17(19-20)13-5-3-2-4-6-13)16-11-21-8-7-14(16)9-15(21)12-22/h10,13-16,22H,2-9,11-12H2,1H3/t14-,15+,16-/m0/s1. The van der Waals surface area contributed by atoms with Crippen molar-refractivity contribution < 1.29 is 5.11 Å². The Kier molecular flexibility index (Phi) is 3.99. The summed E-state index contributed by atoms with van der Waals surface area (Å²) >= 11 is 0. The van der Waals surface area contributed by atoms with Gasteiger partial charge in [0.15, 0.2) is 0 Å². The van der Waals surface area contributed by atoms with Crippen molar-refractivity contribution in [3.63, 3.8) is 0 Å². The Morgan fingerprint density at radius 2 is 2.05 bits per heavy atom. The predicted octanol–water partition coefficient (Wildman–Crippen LogP) is 2.64. The highest BCUT2D eigenvalue weighted by atomic mass is 16.3. The Labute approximate surface area is 133 Å². The second kappa shape index (κ2) is 5.97. The second-order valence-electron chi connectivity index (χ2n) is 7.67. The minimum absolute atomic E-state index is 0.321. The van der Waals surface area contributed by atoms with Crippen molar-refractivity contribution in [3.05, 3.63) is 17.5 Å². The summed E-state index contributed by atoms with van der Waals surface area (Å²) in [5.74, 6) is 2.04. The number of rotatable bonds is 3. The third kappa shape index (κ3) is 2.50. The molecular weight excluding hydrogens is 274 g/mol. The molecule has 0 aromatic carbocycles. The normalized spacial score (nSPS) is 35.9. The van der Waals surface area contributed by atoms with Crippen LogP contribution in [0, 0.1) is 5.92 Å². The van der Waals surface area contributed by atoms with E-state index in [1.165, 1.54) is 56.5 Å². The number of aliphatic hydroxyl groups is 1. The van der Waals surface area contributed by atoms with Crippen molar-refractivity contribution >= 4 is 0 Å². The van der Waals surface area contributed by atoms with E-state index in [-0.39, 0.29) is 0 Å². The maximum atomic E-state index is 9.54. The van der Waals surface area contributed by atoms with Crippen molar-refractivity contribution in [1.82, 2.24) is 14.7 Å². The molecule has 3 aliphatic heterocycles. The molecule has 3 saturated heterocycles. The smallest absolute Gasteiger partial charge is 0.0658 e. The number of fused-ring (bicyclic) bond motifs is 3. The van der Waals surface area contributed by atoms with Crippen LogP contribution in [0.5, 0.6) is 0 Å². The minimum Gasteiger partial charge on any atom is -0.395 e. The fourth-order valence-electron chi connectivity index (χ4n) is 5.11. The monoisotopic (exact) mass is 303 g/mol. The zero-order valence-corrected chi connectivity index (χ0v) is 13.7. The molecule has 1 unspecified atom stereocenters. The van der Waals surface area contributed by atoms with E-state index in [0.717, 1.165) is 18.9 Å². The van der Waals surface area contributed by atoms with E-state index >= 15 is 0 Å². The molecule has 4 atom stereocenters. The zero-order valence-electron chi connectivity index (χ0n) is 13.7. The van der Waals surface area contributed by atoms with Gasteiger partial charge in [-0.1, -0.05) is 19.3 Å². The van der Waals surface area contributed by atoms with E-state index in [4.69, 9.17) is 5.10 Å². The average Bonchev–Trinajstić information content (AvgIpc) is 2.97. The molecule has 122 valence electrons. The van der Waals surface area contributed by atoms with E-state index in [1.807, 2.05) is 0 Å². The number of hydrogen-bond donors (Lipinski definition) is 1. The molecular formula is C18H29N3O. The molecule has 2 bridgehead atoms. The maximum Gasteiger partial charge on any atom is 0.0658 e. The minimum atomic E-state index is 0.321. The summed E-state index contributed by atoms with van der Waals surface area (Å²) in [6.45, 7) is 2.60. The second-order valence-corrected chi connectivity index (χ2v) is 7.67. The SMILES string of the molecule is Cn1nc(C2CCCCC2)cc1[C@H]1CN2CC[C@H]1C[C@@H]2CO. The van der Waals surface area contributed by atoms with Gasteiger partial charge in [0.2, 0.25) is 0 Å². The Morgan fingerprint density at radius 3 is 2.73 bits per heavy atom. The summed E-state index contributed by atoms with van der Waals surface area (Å²) in [6, 6.07) is 2.82. The summed E-state index contributed by atoms with van der Waals surface area (Å²) in [6.07, 6.45) is 9.23. The molecule has 4 fully saturated rings. The van der Waals surface area contributed by atoms with Gasteiger partial charge in [0.05, 0.1) is 12.3 Å². The van der Waals surface area contributed by atoms with Crippen LogP contribution >= 0.6 is 0 Å². The quantitative estimate of drug-likeness (QED) is 0.933. The van der Waals surface area contributed by atoms with Crippen LogP contribution < -0.4 is 0 Å². The molecule has 4 heteroatoms. The highest BCUT2D eigenvalue weighted by Gasteiger charge is 2.41. The van der Waals surface area contributed by atoms with E-state index in [1.54, 1.807) is 0 Å². The van der Waals surface area contributed by atoms with Gasteiger partial charge in [0.25, 0.3) is 0 Å². The molecule has 1 aromatic rings. The van der Waals surface area contributed by atoms with E-state index in [0.29, 0.717) is 24.5 Å². The van der Waals surface area contributed by atoms with Crippen LogP contribution in [0.2, 0.25) is 0 Å². The first-order valence-corrected chi connectivity index (χ1v) is 9.15. The molecule has 4 aliphatic rings. The Balaban J connectivity index is 1.54. The van der Waals surface area contributed by atoms with Crippen LogP contribution in [0.3, 0.4) is 0 Å². The molecule has 1 saturated carbocycles. The van der Waals surface area contributed by atoms with Crippen molar-refractivity contribution in [1.29, 1.82) is 0 Å². The van der Waals surface area contributed by atoms with E-state index < -0.39 is 0 Å². The van der Waals surface area contributed by atoms with Crippen LogP contribution in [0.15, 0.2) is 6.07 Å². The number of aromatic nitrogens is 2. The Bertz CT molecular complexity index is 520. The van der Waals surface area contributed by atoms with Gasteiger partial charge in [-0.05, 0) is 44.2 Å². The van der Waals surface area contributed by atoms with Gasteiger partial charge in [-0.15, -0.1) is 0 Å². The first-order chi connectivity index (χ1) is 10.8. The van der Waals surface area contributed by atoms with E-state index in [2.05, 4.69) is 22.7 Å². The van der Waals surface area contributed by atoms with Gasteiger partial charge in [0, 0.05) is 37.2 Å².